The van der Waals surface area contributed by atoms with E-state index >= 15 is 0 Å². The molecule has 1 saturated heterocycles. The zero-order valence-electron chi connectivity index (χ0n) is 16.1. The van der Waals surface area contributed by atoms with Crippen LogP contribution >= 0.6 is 0 Å². The Morgan fingerprint density at radius 2 is 1.78 bits per heavy atom. The van der Waals surface area contributed by atoms with E-state index in [9.17, 15) is 18.5 Å². The molecule has 1 aliphatic heterocycles. The first kappa shape index (κ1) is 20.2. The van der Waals surface area contributed by atoms with E-state index in [-0.39, 0.29) is 16.6 Å². The third-order valence-electron chi connectivity index (χ3n) is 6.01. The van der Waals surface area contributed by atoms with Crippen LogP contribution in [-0.2, 0) is 10.0 Å². The molecule has 1 aromatic carbocycles. The van der Waals surface area contributed by atoms with Gasteiger partial charge >= 0.3 is 0 Å². The monoisotopic (exact) mass is 395 g/mol. The second-order valence-electron chi connectivity index (χ2n) is 7.99. The normalized spacial score (nSPS) is 20.2. The minimum Gasteiger partial charge on any atom is -0.303 e. The minimum atomic E-state index is -3.78. The predicted octanol–water partition coefficient (Wildman–Crippen LogP) is 3.14. The molecule has 1 aliphatic carbocycles. The lowest BCUT2D eigenvalue weighted by atomic mass is 10.0. The van der Waals surface area contributed by atoms with Crippen LogP contribution in [0.4, 0.5) is 5.69 Å². The van der Waals surface area contributed by atoms with Gasteiger partial charge in [0.2, 0.25) is 10.0 Å². The van der Waals surface area contributed by atoms with Crippen LogP contribution in [0.1, 0.15) is 49.7 Å². The smallest absolute Gasteiger partial charge is 0.271 e. The average molecular weight is 396 g/mol. The van der Waals surface area contributed by atoms with E-state index in [0.29, 0.717) is 11.1 Å². The molecule has 0 bridgehead atoms. The fourth-order valence-electron chi connectivity index (χ4n) is 4.27. The van der Waals surface area contributed by atoms with Crippen LogP contribution in [0.2, 0.25) is 0 Å². The van der Waals surface area contributed by atoms with Crippen molar-refractivity contribution < 1.29 is 13.3 Å². The summed E-state index contributed by atoms with van der Waals surface area (Å²) < 4.78 is 28.5. The van der Waals surface area contributed by atoms with E-state index in [0.717, 1.165) is 38.4 Å². The molecule has 2 fully saturated rings. The van der Waals surface area contributed by atoms with Crippen molar-refractivity contribution in [3.05, 3.63) is 33.4 Å². The summed E-state index contributed by atoms with van der Waals surface area (Å²) in [5.41, 5.74) is 0.979. The third-order valence-corrected chi connectivity index (χ3v) is 7.65. The van der Waals surface area contributed by atoms with Crippen molar-refractivity contribution in [1.82, 2.24) is 9.62 Å². The first-order valence-corrected chi connectivity index (χ1v) is 11.2. The molecule has 1 aromatic rings. The van der Waals surface area contributed by atoms with E-state index < -0.39 is 14.9 Å². The highest BCUT2D eigenvalue weighted by atomic mass is 32.2. The number of nitro groups is 1. The number of piperidine rings is 1. The van der Waals surface area contributed by atoms with E-state index in [1.165, 1.54) is 37.8 Å². The maximum absolute atomic E-state index is 12.9. The van der Waals surface area contributed by atoms with E-state index in [1.807, 2.05) is 0 Å². The van der Waals surface area contributed by atoms with Crippen LogP contribution in [0.5, 0.6) is 0 Å². The van der Waals surface area contributed by atoms with Gasteiger partial charge in [-0.25, -0.2) is 13.1 Å². The lowest BCUT2D eigenvalue weighted by Gasteiger charge is -2.33. The van der Waals surface area contributed by atoms with Gasteiger partial charge in [-0.1, -0.05) is 12.8 Å². The van der Waals surface area contributed by atoms with E-state index in [1.54, 1.807) is 13.8 Å². The van der Waals surface area contributed by atoms with Gasteiger partial charge < -0.3 is 4.90 Å². The lowest BCUT2D eigenvalue weighted by Crippen LogP contribution is -2.45. The van der Waals surface area contributed by atoms with Gasteiger partial charge in [0.15, 0.2) is 0 Å². The molecule has 7 nitrogen and oxygen atoms in total. The molecule has 2 aliphatic rings. The van der Waals surface area contributed by atoms with Crippen molar-refractivity contribution in [2.24, 2.45) is 5.92 Å². The Labute approximate surface area is 161 Å². The molecule has 1 heterocycles. The number of aryl methyl sites for hydroxylation is 1. The molecular formula is C19H29N3O4S. The third kappa shape index (κ3) is 4.86. The molecule has 1 saturated carbocycles. The van der Waals surface area contributed by atoms with Gasteiger partial charge in [-0.05, 0) is 69.7 Å². The number of hydrogen-bond acceptors (Lipinski definition) is 5. The molecular weight excluding hydrogens is 366 g/mol. The summed E-state index contributed by atoms with van der Waals surface area (Å²) in [7, 11) is -3.78. The first-order valence-electron chi connectivity index (χ1n) is 9.76. The number of sulfonamides is 1. The molecule has 3 rings (SSSR count). The van der Waals surface area contributed by atoms with Crippen molar-refractivity contribution in [1.29, 1.82) is 0 Å². The Morgan fingerprint density at radius 1 is 1.15 bits per heavy atom. The molecule has 0 unspecified atom stereocenters. The first-order chi connectivity index (χ1) is 12.8. The largest absolute Gasteiger partial charge is 0.303 e. The van der Waals surface area contributed by atoms with Gasteiger partial charge in [0.25, 0.3) is 5.69 Å². The Balaban J connectivity index is 1.64. The highest BCUT2D eigenvalue weighted by Crippen LogP contribution is 2.28. The molecule has 0 aromatic heterocycles. The summed E-state index contributed by atoms with van der Waals surface area (Å²) in [5, 5.41) is 11.1. The van der Waals surface area contributed by atoms with Gasteiger partial charge in [-0.15, -0.1) is 0 Å². The summed E-state index contributed by atoms with van der Waals surface area (Å²) in [5.74, 6) is 0.800. The van der Waals surface area contributed by atoms with E-state index in [4.69, 9.17) is 0 Å². The Hall–Kier alpha value is -1.51. The second kappa shape index (κ2) is 8.24. The summed E-state index contributed by atoms with van der Waals surface area (Å²) in [6, 6.07) is 2.46. The van der Waals surface area contributed by atoms with Gasteiger partial charge in [-0.2, -0.15) is 0 Å². The molecule has 1 N–H and O–H groups in total. The fourth-order valence-corrected chi connectivity index (χ4v) is 5.91. The maximum Gasteiger partial charge on any atom is 0.271 e. The predicted molar refractivity (Wildman–Crippen MR) is 104 cm³/mol. The van der Waals surface area contributed by atoms with Crippen molar-refractivity contribution >= 4 is 15.7 Å². The highest BCUT2D eigenvalue weighted by Gasteiger charge is 2.28. The molecule has 0 spiro atoms. The molecule has 0 atom stereocenters. The fraction of sp³-hybridized carbons (Fsp3) is 0.684. The zero-order chi connectivity index (χ0) is 19.6. The number of hydrogen-bond donors (Lipinski definition) is 1. The SMILES string of the molecule is Cc1cc([N+](=O)[O-])cc(S(=O)(=O)NC2CCN(CC3CCCC3)CC2)c1C. The van der Waals surface area contributed by atoms with Crippen LogP contribution in [0.15, 0.2) is 17.0 Å². The number of nitro benzene ring substituents is 1. The molecule has 150 valence electrons. The van der Waals surface area contributed by atoms with Crippen molar-refractivity contribution in [2.75, 3.05) is 19.6 Å². The number of rotatable bonds is 6. The van der Waals surface area contributed by atoms with Gasteiger partial charge in [0.05, 0.1) is 9.82 Å². The van der Waals surface area contributed by atoms with Gasteiger partial charge in [0, 0.05) is 24.7 Å². The molecule has 8 heteroatoms. The number of nitrogens with zero attached hydrogens (tertiary/aromatic N) is 2. The summed E-state index contributed by atoms with van der Waals surface area (Å²) in [4.78, 5) is 13.0. The van der Waals surface area contributed by atoms with Crippen LogP contribution < -0.4 is 4.72 Å². The summed E-state index contributed by atoms with van der Waals surface area (Å²) in [6.07, 6.45) is 6.86. The molecule has 0 radical (unpaired) electrons. The quantitative estimate of drug-likeness (QED) is 0.590. The Kier molecular flexibility index (Phi) is 6.18. The Bertz CT molecular complexity index is 795. The number of likely N-dealkylation sites (tertiary alicyclic amines) is 1. The topological polar surface area (TPSA) is 92.5 Å². The van der Waals surface area contributed by atoms with E-state index in [2.05, 4.69) is 9.62 Å². The van der Waals surface area contributed by atoms with Crippen LogP contribution in [0.3, 0.4) is 0 Å². The number of non-ortho nitro benzene ring substituents is 1. The zero-order valence-corrected chi connectivity index (χ0v) is 16.9. The Morgan fingerprint density at radius 3 is 2.37 bits per heavy atom. The lowest BCUT2D eigenvalue weighted by molar-refractivity contribution is -0.385. The van der Waals surface area contributed by atoms with Crippen molar-refractivity contribution in [3.8, 4) is 0 Å². The standard InChI is InChI=1S/C19H29N3O4S/c1-14-11-18(22(23)24)12-19(15(14)2)27(25,26)20-17-7-9-21(10-8-17)13-16-5-3-4-6-16/h11-12,16-17,20H,3-10,13H2,1-2H3. The van der Waals surface area contributed by atoms with Crippen LogP contribution in [-0.4, -0.2) is 43.9 Å². The maximum atomic E-state index is 12.9. The number of nitrogens with one attached hydrogen (secondary N) is 1. The van der Waals surface area contributed by atoms with Gasteiger partial charge in [0.1, 0.15) is 0 Å². The molecule has 27 heavy (non-hydrogen) atoms. The van der Waals surface area contributed by atoms with Crippen LogP contribution in [0, 0.1) is 29.9 Å². The van der Waals surface area contributed by atoms with Crippen molar-refractivity contribution in [2.45, 2.75) is 63.3 Å². The van der Waals surface area contributed by atoms with Crippen molar-refractivity contribution in [3.63, 3.8) is 0 Å². The minimum absolute atomic E-state index is 0.0163. The summed E-state index contributed by atoms with van der Waals surface area (Å²) >= 11 is 0. The number of benzene rings is 1. The highest BCUT2D eigenvalue weighted by molar-refractivity contribution is 7.89. The molecule has 0 amide bonds. The average Bonchev–Trinajstić information content (AvgIpc) is 3.11. The second-order valence-corrected chi connectivity index (χ2v) is 9.67. The summed E-state index contributed by atoms with van der Waals surface area (Å²) in [6.45, 7) is 6.32. The van der Waals surface area contributed by atoms with Gasteiger partial charge in [-0.3, -0.25) is 10.1 Å². The van der Waals surface area contributed by atoms with Crippen LogP contribution in [0.25, 0.3) is 0 Å².